The molecule has 0 bridgehead atoms. The van der Waals surface area contributed by atoms with Gasteiger partial charge in [-0.3, -0.25) is 4.79 Å². The molecule has 1 aromatic carbocycles. The minimum Gasteiger partial charge on any atom is -0.493 e. The monoisotopic (exact) mass is 293 g/mol. The largest absolute Gasteiger partial charge is 0.493 e. The van der Waals surface area contributed by atoms with Crippen molar-refractivity contribution >= 4 is 5.91 Å². The van der Waals surface area contributed by atoms with Gasteiger partial charge in [-0.2, -0.15) is 0 Å². The number of aryl methyl sites for hydroxylation is 2. The molecule has 118 valence electrons. The fourth-order valence-electron chi connectivity index (χ4n) is 2.07. The average molecular weight is 293 g/mol. The zero-order valence-corrected chi connectivity index (χ0v) is 13.5. The highest BCUT2D eigenvalue weighted by molar-refractivity contribution is 5.76. The third kappa shape index (κ3) is 6.63. The molecule has 0 aliphatic carbocycles. The molecule has 0 radical (unpaired) electrons. The van der Waals surface area contributed by atoms with E-state index in [9.17, 15) is 9.90 Å². The van der Waals surface area contributed by atoms with E-state index in [4.69, 9.17) is 4.74 Å². The molecule has 21 heavy (non-hydrogen) atoms. The lowest BCUT2D eigenvalue weighted by atomic mass is 10.0. The summed E-state index contributed by atoms with van der Waals surface area (Å²) < 4.78 is 5.57. The molecule has 0 aromatic heterocycles. The molecule has 4 nitrogen and oxygen atoms in total. The smallest absolute Gasteiger partial charge is 0.223 e. The van der Waals surface area contributed by atoms with Crippen LogP contribution in [0.4, 0.5) is 0 Å². The Balaban J connectivity index is 2.29. The molecule has 0 heterocycles. The topological polar surface area (TPSA) is 58.6 Å². The molecule has 1 unspecified atom stereocenters. The normalized spacial score (nSPS) is 13.6. The predicted octanol–water partition coefficient (Wildman–Crippen LogP) is 2.74. The Bertz CT molecular complexity index is 469. The van der Waals surface area contributed by atoms with Gasteiger partial charge in [-0.25, -0.2) is 0 Å². The minimum atomic E-state index is -0.834. The van der Waals surface area contributed by atoms with Crippen LogP contribution in [0.15, 0.2) is 18.2 Å². The van der Waals surface area contributed by atoms with Gasteiger partial charge in [-0.1, -0.05) is 19.4 Å². The van der Waals surface area contributed by atoms with E-state index >= 15 is 0 Å². The van der Waals surface area contributed by atoms with Crippen LogP contribution in [0.5, 0.6) is 5.75 Å². The van der Waals surface area contributed by atoms with Crippen molar-refractivity contribution in [2.75, 3.05) is 13.2 Å². The Kier molecular flexibility index (Phi) is 6.69. The van der Waals surface area contributed by atoms with E-state index < -0.39 is 5.60 Å². The van der Waals surface area contributed by atoms with Gasteiger partial charge in [-0.15, -0.1) is 0 Å². The molecule has 2 N–H and O–H groups in total. The summed E-state index contributed by atoms with van der Waals surface area (Å²) in [4.78, 5) is 11.7. The number of aliphatic hydroxyl groups is 1. The number of benzene rings is 1. The predicted molar refractivity (Wildman–Crippen MR) is 84.6 cm³/mol. The first-order chi connectivity index (χ1) is 9.84. The van der Waals surface area contributed by atoms with Crippen LogP contribution in [-0.2, 0) is 4.79 Å². The van der Waals surface area contributed by atoms with E-state index in [2.05, 4.69) is 12.2 Å². The van der Waals surface area contributed by atoms with Gasteiger partial charge in [0.25, 0.3) is 0 Å². The van der Waals surface area contributed by atoms with Crippen molar-refractivity contribution in [3.05, 3.63) is 29.3 Å². The summed E-state index contributed by atoms with van der Waals surface area (Å²) in [6.07, 6.45) is 1.85. The lowest BCUT2D eigenvalue weighted by Gasteiger charge is -2.22. The molecule has 0 spiro atoms. The maximum atomic E-state index is 11.7. The van der Waals surface area contributed by atoms with E-state index in [1.165, 1.54) is 11.1 Å². The molecule has 0 aliphatic heterocycles. The summed E-state index contributed by atoms with van der Waals surface area (Å²) in [7, 11) is 0. The SMILES string of the molecule is CCCC(C)(O)CNC(=O)CCOc1ccc(C)c(C)c1. The van der Waals surface area contributed by atoms with Crippen LogP contribution in [-0.4, -0.2) is 29.8 Å². The first-order valence-electron chi connectivity index (χ1n) is 7.53. The standard InChI is InChI=1S/C17H27NO3/c1-5-9-17(4,20)12-18-16(19)8-10-21-15-7-6-13(2)14(3)11-15/h6-7,11,20H,5,8-10,12H2,1-4H3,(H,18,19). The first kappa shape index (κ1) is 17.5. The van der Waals surface area contributed by atoms with E-state index in [0.29, 0.717) is 13.0 Å². The van der Waals surface area contributed by atoms with Gasteiger partial charge in [0.05, 0.1) is 18.6 Å². The van der Waals surface area contributed by atoms with Gasteiger partial charge in [-0.05, 0) is 50.5 Å². The molecule has 0 saturated carbocycles. The molecule has 1 atom stereocenters. The fourth-order valence-corrected chi connectivity index (χ4v) is 2.07. The number of carbonyl (C=O) groups excluding carboxylic acids is 1. The van der Waals surface area contributed by atoms with E-state index in [0.717, 1.165) is 12.2 Å². The summed E-state index contributed by atoms with van der Waals surface area (Å²) in [5.74, 6) is 0.680. The molecular formula is C17H27NO3. The van der Waals surface area contributed by atoms with Crippen LogP contribution in [0.3, 0.4) is 0 Å². The highest BCUT2D eigenvalue weighted by atomic mass is 16.5. The Morgan fingerprint density at radius 3 is 2.67 bits per heavy atom. The van der Waals surface area contributed by atoms with Crippen LogP contribution < -0.4 is 10.1 Å². The van der Waals surface area contributed by atoms with Gasteiger partial charge in [0.2, 0.25) is 5.91 Å². The molecular weight excluding hydrogens is 266 g/mol. The summed E-state index contributed by atoms with van der Waals surface area (Å²) in [5, 5.41) is 12.7. The summed E-state index contributed by atoms with van der Waals surface area (Å²) in [6.45, 7) is 8.45. The van der Waals surface area contributed by atoms with Crippen LogP contribution in [0.2, 0.25) is 0 Å². The van der Waals surface area contributed by atoms with Crippen molar-refractivity contribution < 1.29 is 14.6 Å². The third-order valence-corrected chi connectivity index (χ3v) is 3.53. The second kappa shape index (κ2) is 8.03. The Morgan fingerprint density at radius 2 is 2.05 bits per heavy atom. The Hall–Kier alpha value is -1.55. The van der Waals surface area contributed by atoms with Crippen LogP contribution in [0, 0.1) is 13.8 Å². The van der Waals surface area contributed by atoms with Gasteiger partial charge >= 0.3 is 0 Å². The number of amides is 1. The van der Waals surface area contributed by atoms with Gasteiger partial charge < -0.3 is 15.2 Å². The number of hydrogen-bond donors (Lipinski definition) is 2. The van der Waals surface area contributed by atoms with E-state index in [-0.39, 0.29) is 18.9 Å². The van der Waals surface area contributed by atoms with Gasteiger partial charge in [0, 0.05) is 6.54 Å². The van der Waals surface area contributed by atoms with Crippen molar-refractivity contribution in [1.82, 2.24) is 5.32 Å². The van der Waals surface area contributed by atoms with E-state index in [1.807, 2.05) is 32.0 Å². The molecule has 0 aliphatic rings. The number of nitrogens with one attached hydrogen (secondary N) is 1. The minimum absolute atomic E-state index is 0.102. The number of ether oxygens (including phenoxy) is 1. The molecule has 1 rings (SSSR count). The zero-order valence-electron chi connectivity index (χ0n) is 13.5. The van der Waals surface area contributed by atoms with Crippen molar-refractivity contribution in [1.29, 1.82) is 0 Å². The zero-order chi connectivity index (χ0) is 15.9. The summed E-state index contributed by atoms with van der Waals surface area (Å²) in [6, 6.07) is 5.89. The maximum Gasteiger partial charge on any atom is 0.223 e. The van der Waals surface area contributed by atoms with Crippen LogP contribution in [0.1, 0.15) is 44.2 Å². The van der Waals surface area contributed by atoms with Crippen molar-refractivity contribution in [2.24, 2.45) is 0 Å². The molecule has 0 saturated heterocycles. The highest BCUT2D eigenvalue weighted by Crippen LogP contribution is 2.16. The van der Waals surface area contributed by atoms with Crippen molar-refractivity contribution in [2.45, 2.75) is 52.6 Å². The third-order valence-electron chi connectivity index (χ3n) is 3.53. The quantitative estimate of drug-likeness (QED) is 0.775. The molecule has 1 aromatic rings. The Morgan fingerprint density at radius 1 is 1.33 bits per heavy atom. The fraction of sp³-hybridized carbons (Fsp3) is 0.588. The second-order valence-corrected chi connectivity index (χ2v) is 5.87. The Labute approximate surface area is 127 Å². The van der Waals surface area contributed by atoms with Gasteiger partial charge in [0.15, 0.2) is 0 Å². The molecule has 1 amide bonds. The lowest BCUT2D eigenvalue weighted by Crippen LogP contribution is -2.40. The number of carbonyl (C=O) groups is 1. The van der Waals surface area contributed by atoms with E-state index in [1.54, 1.807) is 6.92 Å². The number of hydrogen-bond acceptors (Lipinski definition) is 3. The van der Waals surface area contributed by atoms with Gasteiger partial charge in [0.1, 0.15) is 5.75 Å². The summed E-state index contributed by atoms with van der Waals surface area (Å²) in [5.41, 5.74) is 1.56. The highest BCUT2D eigenvalue weighted by Gasteiger charge is 2.19. The first-order valence-corrected chi connectivity index (χ1v) is 7.53. The van der Waals surface area contributed by atoms with Crippen LogP contribution in [0.25, 0.3) is 0 Å². The van der Waals surface area contributed by atoms with Crippen LogP contribution >= 0.6 is 0 Å². The molecule has 4 heteroatoms. The molecule has 0 fully saturated rings. The lowest BCUT2D eigenvalue weighted by molar-refractivity contribution is -0.122. The van der Waals surface area contributed by atoms with Crippen molar-refractivity contribution in [3.8, 4) is 5.75 Å². The average Bonchev–Trinajstić information content (AvgIpc) is 2.41. The summed E-state index contributed by atoms with van der Waals surface area (Å²) >= 11 is 0. The van der Waals surface area contributed by atoms with Crippen molar-refractivity contribution in [3.63, 3.8) is 0 Å². The second-order valence-electron chi connectivity index (χ2n) is 5.87. The number of rotatable bonds is 8. The maximum absolute atomic E-state index is 11.7.